The number of para-hydroxylation sites is 6. The van der Waals surface area contributed by atoms with Crippen molar-refractivity contribution in [2.45, 2.75) is 6.92 Å². The highest BCUT2D eigenvalue weighted by molar-refractivity contribution is 6.30. The molecule has 0 fully saturated rings. The van der Waals surface area contributed by atoms with Gasteiger partial charge in [0, 0.05) is 49.4 Å². The largest absolute Gasteiger partial charge is 0.309 e. The van der Waals surface area contributed by atoms with E-state index in [1.165, 1.54) is 137 Å². The molecule has 0 radical (unpaired) electrons. The van der Waals surface area contributed by atoms with E-state index in [9.17, 15) is 0 Å². The summed E-state index contributed by atoms with van der Waals surface area (Å²) in [5.74, 6) is 0. The van der Waals surface area contributed by atoms with Crippen LogP contribution in [0.4, 0.5) is 0 Å². The average Bonchev–Trinajstić information content (AvgIpc) is 4.12. The van der Waals surface area contributed by atoms with Crippen molar-refractivity contribution in [3.05, 3.63) is 260 Å². The fourth-order valence-corrected chi connectivity index (χ4v) is 12.9. The Bertz CT molecular complexity index is 4590. The summed E-state index contributed by atoms with van der Waals surface area (Å²) < 4.78 is 7.21. The van der Waals surface area contributed by atoms with Crippen LogP contribution in [0.25, 0.3) is 148 Å². The first-order chi connectivity index (χ1) is 36.6. The van der Waals surface area contributed by atoms with Crippen LogP contribution < -0.4 is 0 Å². The van der Waals surface area contributed by atoms with Crippen molar-refractivity contribution in [1.29, 1.82) is 0 Å². The Morgan fingerprint density at radius 1 is 0.216 bits per heavy atom. The van der Waals surface area contributed by atoms with Crippen LogP contribution in [0.5, 0.6) is 0 Å². The third-order valence-electron chi connectivity index (χ3n) is 16.2. The molecule has 16 rings (SSSR count). The van der Waals surface area contributed by atoms with Gasteiger partial charge < -0.3 is 13.7 Å². The average molecular weight is 940 g/mol. The number of aromatic nitrogens is 3. The third kappa shape index (κ3) is 5.84. The standard InChI is InChI=1S/C71H45N3/c1-44-42-61(45-26-32-48(33-27-45)72-64-20-8-2-14-52(64)53-15-3-9-21-65(53)72)58-40-41-60-63(47-30-36-50(37-31-47)74-68-24-12-6-18-56(68)57-19-7-13-25-69(57)74)43-62(59-39-38-51(44)70(58)71(59)60)46-28-34-49(35-29-46)73-66-22-10-4-16-54(66)55-17-5-11-23-67(55)73/h2-43H,1H3. The highest BCUT2D eigenvalue weighted by atomic mass is 15.0. The van der Waals surface area contributed by atoms with Crippen molar-refractivity contribution in [1.82, 2.24) is 13.7 Å². The Kier molecular flexibility index (Phi) is 8.66. The summed E-state index contributed by atoms with van der Waals surface area (Å²) in [6.07, 6.45) is 0. The minimum Gasteiger partial charge on any atom is -0.309 e. The summed E-state index contributed by atoms with van der Waals surface area (Å²) in [6, 6.07) is 94.6. The van der Waals surface area contributed by atoms with E-state index in [-0.39, 0.29) is 0 Å². The molecule has 0 unspecified atom stereocenters. The third-order valence-corrected chi connectivity index (χ3v) is 16.2. The second-order valence-electron chi connectivity index (χ2n) is 20.0. The van der Waals surface area contributed by atoms with E-state index in [0.29, 0.717) is 0 Å². The fourth-order valence-electron chi connectivity index (χ4n) is 12.9. The van der Waals surface area contributed by atoms with Gasteiger partial charge in [0.2, 0.25) is 0 Å². The lowest BCUT2D eigenvalue weighted by Gasteiger charge is -2.21. The number of rotatable bonds is 6. The van der Waals surface area contributed by atoms with Gasteiger partial charge in [-0.2, -0.15) is 0 Å². The number of hydrogen-bond donors (Lipinski definition) is 0. The fraction of sp³-hybridized carbons (Fsp3) is 0.0141. The Hall–Kier alpha value is -9.70. The Morgan fingerprint density at radius 2 is 0.459 bits per heavy atom. The van der Waals surface area contributed by atoms with Crippen molar-refractivity contribution in [2.75, 3.05) is 0 Å². The molecule has 13 aromatic carbocycles. The number of benzene rings is 13. The first-order valence-electron chi connectivity index (χ1n) is 25.7. The summed E-state index contributed by atoms with van der Waals surface area (Å²) in [4.78, 5) is 0. The topological polar surface area (TPSA) is 14.8 Å². The van der Waals surface area contributed by atoms with Gasteiger partial charge in [-0.25, -0.2) is 0 Å². The van der Waals surface area contributed by atoms with E-state index < -0.39 is 0 Å². The molecule has 0 atom stereocenters. The van der Waals surface area contributed by atoms with E-state index in [2.05, 4.69) is 275 Å². The lowest BCUT2D eigenvalue weighted by atomic mass is 9.83. The minimum atomic E-state index is 1.15. The van der Waals surface area contributed by atoms with E-state index in [1.807, 2.05) is 0 Å². The lowest BCUT2D eigenvalue weighted by Crippen LogP contribution is -1.96. The van der Waals surface area contributed by atoms with Crippen LogP contribution in [0.15, 0.2) is 255 Å². The van der Waals surface area contributed by atoms with E-state index in [4.69, 9.17) is 0 Å². The second-order valence-corrected chi connectivity index (χ2v) is 20.0. The molecular weight excluding hydrogens is 895 g/mol. The van der Waals surface area contributed by atoms with E-state index in [0.717, 1.165) is 17.1 Å². The molecule has 0 amide bonds. The highest BCUT2D eigenvalue weighted by Crippen LogP contribution is 2.48. The van der Waals surface area contributed by atoms with E-state index in [1.54, 1.807) is 0 Å². The zero-order valence-electron chi connectivity index (χ0n) is 40.6. The van der Waals surface area contributed by atoms with Crippen molar-refractivity contribution in [3.8, 4) is 50.4 Å². The normalized spacial score (nSPS) is 12.1. The van der Waals surface area contributed by atoms with Gasteiger partial charge in [0.1, 0.15) is 0 Å². The maximum atomic E-state index is 2.45. The molecule has 0 saturated carbocycles. The number of hydrogen-bond acceptors (Lipinski definition) is 0. The maximum absolute atomic E-state index is 2.45. The molecule has 74 heavy (non-hydrogen) atoms. The first kappa shape index (κ1) is 41.0. The monoisotopic (exact) mass is 939 g/mol. The zero-order valence-corrected chi connectivity index (χ0v) is 40.6. The van der Waals surface area contributed by atoms with Gasteiger partial charge in [-0.05, 0) is 157 Å². The molecule has 3 aromatic heterocycles. The minimum absolute atomic E-state index is 1.15. The molecule has 0 saturated heterocycles. The number of nitrogens with zero attached hydrogens (tertiary/aromatic N) is 3. The Labute approximate surface area is 427 Å². The van der Waals surface area contributed by atoms with Gasteiger partial charge in [-0.1, -0.05) is 176 Å². The molecule has 0 N–H and O–H groups in total. The van der Waals surface area contributed by atoms with Crippen molar-refractivity contribution in [3.63, 3.8) is 0 Å². The van der Waals surface area contributed by atoms with Gasteiger partial charge >= 0.3 is 0 Å². The van der Waals surface area contributed by atoms with Gasteiger partial charge in [0.05, 0.1) is 33.1 Å². The molecule has 344 valence electrons. The second kappa shape index (κ2) is 15.6. The lowest BCUT2D eigenvalue weighted by molar-refractivity contribution is 1.18. The summed E-state index contributed by atoms with van der Waals surface area (Å²) in [7, 11) is 0. The maximum Gasteiger partial charge on any atom is 0.0541 e. The molecule has 3 nitrogen and oxygen atoms in total. The molecule has 3 heterocycles. The van der Waals surface area contributed by atoms with Crippen LogP contribution in [-0.4, -0.2) is 13.7 Å². The van der Waals surface area contributed by atoms with Crippen molar-refractivity contribution < 1.29 is 0 Å². The van der Waals surface area contributed by atoms with Crippen molar-refractivity contribution in [2.24, 2.45) is 0 Å². The van der Waals surface area contributed by atoms with Gasteiger partial charge in [0.15, 0.2) is 0 Å². The predicted molar refractivity (Wildman–Crippen MR) is 314 cm³/mol. The number of fused-ring (bicyclic) bond motifs is 9. The van der Waals surface area contributed by atoms with Crippen LogP contribution >= 0.6 is 0 Å². The zero-order chi connectivity index (χ0) is 48.6. The van der Waals surface area contributed by atoms with Crippen LogP contribution in [0.1, 0.15) is 5.56 Å². The van der Waals surface area contributed by atoms with Crippen LogP contribution in [0.3, 0.4) is 0 Å². The molecule has 0 bridgehead atoms. The summed E-state index contributed by atoms with van der Waals surface area (Å²) in [5, 5.41) is 15.3. The SMILES string of the molecule is Cc1cc(-c2ccc(-n3c4ccccc4c4ccccc43)cc2)c2ccc3c(-c4ccc(-n5c6ccccc6c6ccccc65)cc4)cc(-c4ccc(-n5c6ccccc6c6ccccc65)cc4)c4ccc1c2c43. The van der Waals surface area contributed by atoms with Gasteiger partial charge in [0.25, 0.3) is 0 Å². The number of aryl methyl sites for hydroxylation is 1. The van der Waals surface area contributed by atoms with E-state index >= 15 is 0 Å². The Balaban J connectivity index is 0.894. The molecule has 0 aliphatic heterocycles. The first-order valence-corrected chi connectivity index (χ1v) is 25.7. The summed E-state index contributed by atoms with van der Waals surface area (Å²) in [5.41, 5.74) is 19.3. The van der Waals surface area contributed by atoms with Crippen LogP contribution in [0.2, 0.25) is 0 Å². The van der Waals surface area contributed by atoms with Gasteiger partial charge in [-0.15, -0.1) is 0 Å². The predicted octanol–water partition coefficient (Wildman–Crippen LogP) is 19.2. The smallest absolute Gasteiger partial charge is 0.0541 e. The highest BCUT2D eigenvalue weighted by Gasteiger charge is 2.22. The molecule has 3 heteroatoms. The van der Waals surface area contributed by atoms with Crippen LogP contribution in [-0.2, 0) is 0 Å². The molecule has 0 aliphatic rings. The van der Waals surface area contributed by atoms with Crippen molar-refractivity contribution >= 4 is 97.7 Å². The summed E-state index contributed by atoms with van der Waals surface area (Å²) >= 11 is 0. The van der Waals surface area contributed by atoms with Gasteiger partial charge in [-0.3, -0.25) is 0 Å². The van der Waals surface area contributed by atoms with Crippen LogP contribution in [0, 0.1) is 6.92 Å². The molecule has 16 aromatic rings. The summed E-state index contributed by atoms with van der Waals surface area (Å²) in [6.45, 7) is 2.28. The Morgan fingerprint density at radius 3 is 0.757 bits per heavy atom. The molecular formula is C71H45N3. The molecule has 0 aliphatic carbocycles. The molecule has 0 spiro atoms. The quantitative estimate of drug-likeness (QED) is 0.148.